The molecule has 0 aliphatic carbocycles. The second kappa shape index (κ2) is 5.52. The molecule has 3 nitrogen and oxygen atoms in total. The molecule has 1 heterocycles. The average molecular weight is 235 g/mol. The summed E-state index contributed by atoms with van der Waals surface area (Å²) in [6.45, 7) is 7.89. The molecule has 1 aliphatic heterocycles. The number of hydrogen-bond donors (Lipinski definition) is 1. The first-order chi connectivity index (χ1) is 8.16. The van der Waals surface area contributed by atoms with E-state index >= 15 is 0 Å². The zero-order valence-corrected chi connectivity index (χ0v) is 10.8. The fraction of sp³-hybridized carbons (Fsp3) is 0.571. The van der Waals surface area contributed by atoms with Crippen LogP contribution in [0.1, 0.15) is 32.4 Å². The van der Waals surface area contributed by atoms with Crippen LogP contribution in [0.2, 0.25) is 0 Å². The first-order valence-electron chi connectivity index (χ1n) is 6.28. The largest absolute Gasteiger partial charge is 0.491 e. The van der Waals surface area contributed by atoms with Crippen LogP contribution in [0.25, 0.3) is 0 Å². The maximum Gasteiger partial charge on any atom is 0.119 e. The molecule has 2 unspecified atom stereocenters. The minimum absolute atomic E-state index is 0.218. The second-order valence-electron chi connectivity index (χ2n) is 4.74. The molecule has 0 spiro atoms. The van der Waals surface area contributed by atoms with Gasteiger partial charge in [-0.25, -0.2) is 0 Å². The third kappa shape index (κ3) is 3.20. The molecule has 0 amide bonds. The maximum atomic E-state index is 5.65. The highest BCUT2D eigenvalue weighted by molar-refractivity contribution is 5.30. The van der Waals surface area contributed by atoms with Crippen LogP contribution in [0.4, 0.5) is 0 Å². The Bertz CT molecular complexity index is 348. The zero-order chi connectivity index (χ0) is 12.3. The molecule has 0 bridgehead atoms. The van der Waals surface area contributed by atoms with Gasteiger partial charge in [0, 0.05) is 6.54 Å². The Hall–Kier alpha value is -1.06. The van der Waals surface area contributed by atoms with Gasteiger partial charge in [-0.1, -0.05) is 12.1 Å². The normalized spacial score (nSPS) is 24.9. The van der Waals surface area contributed by atoms with Crippen LogP contribution in [0.15, 0.2) is 24.3 Å². The molecule has 1 fully saturated rings. The molecule has 1 aromatic carbocycles. The molecule has 1 aliphatic rings. The summed E-state index contributed by atoms with van der Waals surface area (Å²) >= 11 is 0. The Kier molecular flexibility index (Phi) is 4.02. The summed E-state index contributed by atoms with van der Waals surface area (Å²) in [5.41, 5.74) is 1.26. The van der Waals surface area contributed by atoms with Crippen LogP contribution in [0.5, 0.6) is 5.75 Å². The lowest BCUT2D eigenvalue weighted by molar-refractivity contribution is 0.00754. The summed E-state index contributed by atoms with van der Waals surface area (Å²) in [7, 11) is 0. The number of morpholine rings is 1. The van der Waals surface area contributed by atoms with E-state index in [0.29, 0.717) is 0 Å². The van der Waals surface area contributed by atoms with Crippen molar-refractivity contribution in [1.29, 1.82) is 0 Å². The maximum absolute atomic E-state index is 5.65. The monoisotopic (exact) mass is 235 g/mol. The van der Waals surface area contributed by atoms with Crippen molar-refractivity contribution in [1.82, 2.24) is 5.32 Å². The van der Waals surface area contributed by atoms with Crippen molar-refractivity contribution in [3.8, 4) is 5.75 Å². The first kappa shape index (κ1) is 12.4. The Labute approximate surface area is 103 Å². The molecule has 2 atom stereocenters. The van der Waals surface area contributed by atoms with E-state index in [1.54, 1.807) is 0 Å². The van der Waals surface area contributed by atoms with Gasteiger partial charge in [0.05, 0.1) is 24.9 Å². The van der Waals surface area contributed by atoms with E-state index in [1.807, 2.05) is 26.0 Å². The lowest BCUT2D eigenvalue weighted by Gasteiger charge is -2.30. The number of ether oxygens (including phenoxy) is 2. The van der Waals surface area contributed by atoms with E-state index in [0.717, 1.165) is 18.9 Å². The highest BCUT2D eigenvalue weighted by atomic mass is 16.5. The molecule has 2 rings (SSSR count). The molecular formula is C14H21NO2. The standard InChI is InChI=1S/C14H21NO2/c1-10(2)17-13-6-4-12(5-7-13)14-11(3)16-9-8-15-14/h4-7,10-11,14-15H,8-9H2,1-3H3. The summed E-state index contributed by atoms with van der Waals surface area (Å²) in [6, 6.07) is 8.56. The van der Waals surface area contributed by atoms with Crippen molar-refractivity contribution in [2.45, 2.75) is 39.0 Å². The van der Waals surface area contributed by atoms with Crippen molar-refractivity contribution in [2.75, 3.05) is 13.2 Å². The minimum Gasteiger partial charge on any atom is -0.491 e. The van der Waals surface area contributed by atoms with Crippen LogP contribution in [0.3, 0.4) is 0 Å². The number of benzene rings is 1. The van der Waals surface area contributed by atoms with Crippen LogP contribution in [0, 0.1) is 0 Å². The number of rotatable bonds is 3. The molecule has 3 heteroatoms. The van der Waals surface area contributed by atoms with Gasteiger partial charge in [0.25, 0.3) is 0 Å². The lowest BCUT2D eigenvalue weighted by Crippen LogP contribution is -2.40. The summed E-state index contributed by atoms with van der Waals surface area (Å²) in [4.78, 5) is 0. The van der Waals surface area contributed by atoms with Crippen LogP contribution in [-0.2, 0) is 4.74 Å². The molecular weight excluding hydrogens is 214 g/mol. The van der Waals surface area contributed by atoms with Gasteiger partial charge in [-0.2, -0.15) is 0 Å². The summed E-state index contributed by atoms with van der Waals surface area (Å²) in [6.07, 6.45) is 0.441. The fourth-order valence-corrected chi connectivity index (χ4v) is 2.14. The van der Waals surface area contributed by atoms with E-state index in [-0.39, 0.29) is 18.2 Å². The molecule has 94 valence electrons. The zero-order valence-electron chi connectivity index (χ0n) is 10.8. The highest BCUT2D eigenvalue weighted by Crippen LogP contribution is 2.24. The van der Waals surface area contributed by atoms with Gasteiger partial charge in [0.1, 0.15) is 5.75 Å². The minimum atomic E-state index is 0.218. The van der Waals surface area contributed by atoms with Gasteiger partial charge in [0.15, 0.2) is 0 Å². The van der Waals surface area contributed by atoms with E-state index < -0.39 is 0 Å². The predicted molar refractivity (Wildman–Crippen MR) is 68.4 cm³/mol. The summed E-state index contributed by atoms with van der Waals surface area (Å²) < 4.78 is 11.3. The predicted octanol–water partition coefficient (Wildman–Crippen LogP) is 2.52. The topological polar surface area (TPSA) is 30.5 Å². The molecule has 1 aromatic rings. The van der Waals surface area contributed by atoms with Gasteiger partial charge >= 0.3 is 0 Å². The van der Waals surface area contributed by atoms with Crippen LogP contribution >= 0.6 is 0 Å². The second-order valence-corrected chi connectivity index (χ2v) is 4.74. The SMILES string of the molecule is CC(C)Oc1ccc(C2NCCOC2C)cc1. The fourth-order valence-electron chi connectivity index (χ4n) is 2.14. The van der Waals surface area contributed by atoms with Crippen molar-refractivity contribution in [2.24, 2.45) is 0 Å². The molecule has 0 aromatic heterocycles. The Morgan fingerprint density at radius 3 is 2.59 bits per heavy atom. The molecule has 1 N–H and O–H groups in total. The number of nitrogens with one attached hydrogen (secondary N) is 1. The highest BCUT2D eigenvalue weighted by Gasteiger charge is 2.22. The third-order valence-corrected chi connectivity index (χ3v) is 2.93. The van der Waals surface area contributed by atoms with Crippen LogP contribution in [-0.4, -0.2) is 25.4 Å². The van der Waals surface area contributed by atoms with E-state index in [1.165, 1.54) is 5.56 Å². The van der Waals surface area contributed by atoms with Gasteiger partial charge in [-0.15, -0.1) is 0 Å². The van der Waals surface area contributed by atoms with Gasteiger partial charge in [0.2, 0.25) is 0 Å². The third-order valence-electron chi connectivity index (χ3n) is 2.93. The molecule has 0 radical (unpaired) electrons. The summed E-state index contributed by atoms with van der Waals surface area (Å²) in [5, 5.41) is 3.48. The smallest absolute Gasteiger partial charge is 0.119 e. The van der Waals surface area contributed by atoms with Crippen molar-refractivity contribution in [3.05, 3.63) is 29.8 Å². The van der Waals surface area contributed by atoms with E-state index in [2.05, 4.69) is 24.4 Å². The lowest BCUT2D eigenvalue weighted by atomic mass is 10.0. The van der Waals surface area contributed by atoms with Gasteiger partial charge in [-0.05, 0) is 38.5 Å². The molecule has 17 heavy (non-hydrogen) atoms. The quantitative estimate of drug-likeness (QED) is 0.873. The number of hydrogen-bond acceptors (Lipinski definition) is 3. The Morgan fingerprint density at radius 2 is 2.00 bits per heavy atom. The Morgan fingerprint density at radius 1 is 1.29 bits per heavy atom. The van der Waals surface area contributed by atoms with Crippen molar-refractivity contribution >= 4 is 0 Å². The van der Waals surface area contributed by atoms with Gasteiger partial charge < -0.3 is 14.8 Å². The first-order valence-corrected chi connectivity index (χ1v) is 6.28. The van der Waals surface area contributed by atoms with Crippen molar-refractivity contribution in [3.63, 3.8) is 0 Å². The molecule has 0 saturated carbocycles. The van der Waals surface area contributed by atoms with Crippen LogP contribution < -0.4 is 10.1 Å². The average Bonchev–Trinajstić information content (AvgIpc) is 2.30. The Balaban J connectivity index is 2.06. The molecule has 1 saturated heterocycles. The van der Waals surface area contributed by atoms with E-state index in [4.69, 9.17) is 9.47 Å². The van der Waals surface area contributed by atoms with E-state index in [9.17, 15) is 0 Å². The van der Waals surface area contributed by atoms with Crippen molar-refractivity contribution < 1.29 is 9.47 Å². The van der Waals surface area contributed by atoms with Gasteiger partial charge in [-0.3, -0.25) is 0 Å². The summed E-state index contributed by atoms with van der Waals surface area (Å²) in [5.74, 6) is 0.924.